The van der Waals surface area contributed by atoms with Gasteiger partial charge >= 0.3 is 6.18 Å². The Morgan fingerprint density at radius 3 is 2.46 bits per heavy atom. The van der Waals surface area contributed by atoms with Crippen molar-refractivity contribution in [2.45, 2.75) is 44.8 Å². The van der Waals surface area contributed by atoms with Crippen molar-refractivity contribution in [3.8, 4) is 22.9 Å². The Bertz CT molecular complexity index is 776. The van der Waals surface area contributed by atoms with Crippen molar-refractivity contribution in [3.05, 3.63) is 24.5 Å². The van der Waals surface area contributed by atoms with E-state index in [0.29, 0.717) is 29.0 Å². The molecule has 1 N–H and O–H groups in total. The van der Waals surface area contributed by atoms with Gasteiger partial charge in [0.2, 0.25) is 17.7 Å². The summed E-state index contributed by atoms with van der Waals surface area (Å²) in [4.78, 5) is 12.7. The van der Waals surface area contributed by atoms with Crippen LogP contribution in [0.15, 0.2) is 24.5 Å². The monoisotopic (exact) mass is 396 g/mol. The summed E-state index contributed by atoms with van der Waals surface area (Å²) in [6, 6.07) is 3.31. The molecule has 1 aliphatic rings. The molecule has 2 aromatic rings. The molecule has 0 amide bonds. The van der Waals surface area contributed by atoms with Crippen molar-refractivity contribution in [3.63, 3.8) is 0 Å². The summed E-state index contributed by atoms with van der Waals surface area (Å²) in [5, 5.41) is 3.35. The Morgan fingerprint density at radius 2 is 1.86 bits per heavy atom. The van der Waals surface area contributed by atoms with E-state index in [1.54, 1.807) is 12.3 Å². The molecule has 0 bridgehead atoms. The highest BCUT2D eigenvalue weighted by Gasteiger charge is 2.28. The van der Waals surface area contributed by atoms with Gasteiger partial charge in [0.25, 0.3) is 0 Å². The van der Waals surface area contributed by atoms with Gasteiger partial charge in [0, 0.05) is 30.1 Å². The Labute approximate surface area is 161 Å². The zero-order valence-corrected chi connectivity index (χ0v) is 15.8. The van der Waals surface area contributed by atoms with Gasteiger partial charge in [-0.2, -0.15) is 18.2 Å². The predicted molar refractivity (Wildman–Crippen MR) is 98.4 cm³/mol. The SMILES string of the molecule is COc1nc(N[C@H]2CC[C@H](C)CC2)ncc1-c1ccc(OCC(F)(F)F)nc1. The number of pyridine rings is 1. The number of hydrogen-bond acceptors (Lipinski definition) is 6. The zero-order valence-electron chi connectivity index (χ0n) is 15.8. The molecule has 0 saturated heterocycles. The van der Waals surface area contributed by atoms with Gasteiger partial charge in [-0.3, -0.25) is 0 Å². The highest BCUT2D eigenvalue weighted by molar-refractivity contribution is 5.67. The summed E-state index contributed by atoms with van der Waals surface area (Å²) < 4.78 is 46.6. The first-order valence-electron chi connectivity index (χ1n) is 9.17. The third-order valence-corrected chi connectivity index (χ3v) is 4.73. The lowest BCUT2D eigenvalue weighted by Crippen LogP contribution is -2.26. The van der Waals surface area contributed by atoms with Crippen LogP contribution in [0.5, 0.6) is 11.8 Å². The van der Waals surface area contributed by atoms with Gasteiger partial charge < -0.3 is 14.8 Å². The number of ether oxygens (including phenoxy) is 2. The molecule has 0 atom stereocenters. The molecule has 2 aromatic heterocycles. The molecule has 9 heteroatoms. The number of aromatic nitrogens is 3. The minimum atomic E-state index is -4.41. The van der Waals surface area contributed by atoms with Crippen molar-refractivity contribution < 1.29 is 22.6 Å². The van der Waals surface area contributed by atoms with Crippen LogP contribution in [0.25, 0.3) is 11.1 Å². The Balaban J connectivity index is 1.69. The van der Waals surface area contributed by atoms with E-state index in [9.17, 15) is 13.2 Å². The maximum absolute atomic E-state index is 12.2. The number of hydrogen-bond donors (Lipinski definition) is 1. The molecule has 152 valence electrons. The molecule has 0 spiro atoms. The highest BCUT2D eigenvalue weighted by Crippen LogP contribution is 2.30. The van der Waals surface area contributed by atoms with E-state index in [2.05, 4.69) is 31.9 Å². The fourth-order valence-electron chi connectivity index (χ4n) is 3.16. The Kier molecular flexibility index (Phi) is 6.21. The van der Waals surface area contributed by atoms with E-state index >= 15 is 0 Å². The van der Waals surface area contributed by atoms with Gasteiger partial charge in [-0.25, -0.2) is 9.97 Å². The molecule has 1 saturated carbocycles. The summed E-state index contributed by atoms with van der Waals surface area (Å²) in [7, 11) is 1.51. The van der Waals surface area contributed by atoms with Crippen LogP contribution in [0.3, 0.4) is 0 Å². The van der Waals surface area contributed by atoms with Gasteiger partial charge in [0.15, 0.2) is 6.61 Å². The number of halogens is 3. The van der Waals surface area contributed by atoms with Gasteiger partial charge in [0.05, 0.1) is 12.7 Å². The maximum Gasteiger partial charge on any atom is 0.422 e. The summed E-state index contributed by atoms with van der Waals surface area (Å²) in [6.07, 6.45) is 3.14. The van der Waals surface area contributed by atoms with Crippen LogP contribution < -0.4 is 14.8 Å². The van der Waals surface area contributed by atoms with Crippen molar-refractivity contribution in [1.29, 1.82) is 0 Å². The predicted octanol–water partition coefficient (Wildman–Crippen LogP) is 4.48. The summed E-state index contributed by atoms with van der Waals surface area (Å²) >= 11 is 0. The second kappa shape index (κ2) is 8.62. The Morgan fingerprint density at radius 1 is 1.11 bits per heavy atom. The van der Waals surface area contributed by atoms with E-state index in [0.717, 1.165) is 18.8 Å². The molecular formula is C19H23F3N4O2. The fourth-order valence-corrected chi connectivity index (χ4v) is 3.16. The first kappa shape index (κ1) is 20.2. The second-order valence-electron chi connectivity index (χ2n) is 7.01. The topological polar surface area (TPSA) is 69.2 Å². The second-order valence-corrected chi connectivity index (χ2v) is 7.01. The normalized spacial score (nSPS) is 19.9. The molecule has 3 rings (SSSR count). The molecule has 0 aliphatic heterocycles. The summed E-state index contributed by atoms with van der Waals surface area (Å²) in [6.45, 7) is 0.879. The van der Waals surface area contributed by atoms with E-state index in [1.165, 1.54) is 32.2 Å². The number of rotatable bonds is 6. The molecule has 28 heavy (non-hydrogen) atoms. The van der Waals surface area contributed by atoms with Crippen LogP contribution in [0.1, 0.15) is 32.6 Å². The van der Waals surface area contributed by atoms with Gasteiger partial charge in [0.1, 0.15) is 0 Å². The van der Waals surface area contributed by atoms with Crippen LogP contribution in [0.2, 0.25) is 0 Å². The van der Waals surface area contributed by atoms with Gasteiger partial charge in [-0.1, -0.05) is 6.92 Å². The highest BCUT2D eigenvalue weighted by atomic mass is 19.4. The summed E-state index contributed by atoms with van der Waals surface area (Å²) in [5.74, 6) is 1.52. The fraction of sp³-hybridized carbons (Fsp3) is 0.526. The van der Waals surface area contributed by atoms with Gasteiger partial charge in [-0.15, -0.1) is 0 Å². The molecular weight excluding hydrogens is 373 g/mol. The minimum absolute atomic E-state index is 0.106. The number of nitrogens with one attached hydrogen (secondary N) is 1. The average Bonchev–Trinajstić information content (AvgIpc) is 2.68. The average molecular weight is 396 g/mol. The summed E-state index contributed by atoms with van der Waals surface area (Å²) in [5.41, 5.74) is 1.22. The smallest absolute Gasteiger partial charge is 0.422 e. The zero-order chi connectivity index (χ0) is 20.1. The molecule has 0 radical (unpaired) electrons. The minimum Gasteiger partial charge on any atom is -0.480 e. The van der Waals surface area contributed by atoms with E-state index in [1.807, 2.05) is 0 Å². The van der Waals surface area contributed by atoms with Gasteiger partial charge in [-0.05, 0) is 37.7 Å². The van der Waals surface area contributed by atoms with Crippen LogP contribution in [-0.2, 0) is 0 Å². The molecule has 0 aromatic carbocycles. The molecule has 0 unspecified atom stereocenters. The van der Waals surface area contributed by atoms with Crippen LogP contribution >= 0.6 is 0 Å². The number of nitrogens with zero attached hydrogens (tertiary/aromatic N) is 3. The van der Waals surface area contributed by atoms with Crippen LogP contribution in [0.4, 0.5) is 19.1 Å². The molecule has 6 nitrogen and oxygen atoms in total. The van der Waals surface area contributed by atoms with Crippen molar-refractivity contribution in [2.75, 3.05) is 19.0 Å². The maximum atomic E-state index is 12.2. The van der Waals surface area contributed by atoms with Crippen molar-refractivity contribution >= 4 is 5.95 Å². The lowest BCUT2D eigenvalue weighted by atomic mass is 9.87. The third-order valence-electron chi connectivity index (χ3n) is 4.73. The lowest BCUT2D eigenvalue weighted by Gasteiger charge is -2.27. The standard InChI is InChI=1S/C19H23F3N4O2/c1-12-3-6-14(7-4-12)25-18-24-10-15(17(26-18)27-2)13-5-8-16(23-9-13)28-11-19(20,21)22/h5,8-10,12,14H,3-4,6-7,11H2,1-2H3,(H,24,25,26)/t12-,14-. The third kappa shape index (κ3) is 5.46. The number of anilines is 1. The first-order chi connectivity index (χ1) is 13.3. The van der Waals surface area contributed by atoms with Crippen molar-refractivity contribution in [1.82, 2.24) is 15.0 Å². The first-order valence-corrected chi connectivity index (χ1v) is 9.17. The van der Waals surface area contributed by atoms with Crippen LogP contribution in [-0.4, -0.2) is 40.9 Å². The quantitative estimate of drug-likeness (QED) is 0.777. The number of alkyl halides is 3. The Hall–Kier alpha value is -2.58. The van der Waals surface area contributed by atoms with E-state index in [-0.39, 0.29) is 5.88 Å². The van der Waals surface area contributed by atoms with E-state index < -0.39 is 12.8 Å². The van der Waals surface area contributed by atoms with Crippen LogP contribution in [0, 0.1) is 5.92 Å². The molecule has 1 fully saturated rings. The van der Waals surface area contributed by atoms with E-state index in [4.69, 9.17) is 4.74 Å². The largest absolute Gasteiger partial charge is 0.480 e. The molecule has 1 aliphatic carbocycles. The molecule has 2 heterocycles. The number of methoxy groups -OCH3 is 1. The van der Waals surface area contributed by atoms with Crippen molar-refractivity contribution in [2.24, 2.45) is 5.92 Å². The lowest BCUT2D eigenvalue weighted by molar-refractivity contribution is -0.154.